The molecule has 3 aliphatic rings. The minimum atomic E-state index is -1.08. The van der Waals surface area contributed by atoms with Crippen molar-refractivity contribution in [1.29, 1.82) is 0 Å². The number of nitrogens with zero attached hydrogens (tertiary/aromatic N) is 2. The van der Waals surface area contributed by atoms with Crippen molar-refractivity contribution in [3.8, 4) is 0 Å². The Morgan fingerprint density at radius 1 is 1.03 bits per heavy atom. The number of rotatable bonds is 6. The topological polar surface area (TPSA) is 128 Å². The Bertz CT molecular complexity index is 797. The van der Waals surface area contributed by atoms with Crippen LogP contribution in [-0.2, 0) is 24.0 Å². The number of hydrogen-bond donors (Lipinski definition) is 3. The Morgan fingerprint density at radius 2 is 1.71 bits per heavy atom. The molecule has 0 aliphatic carbocycles. The van der Waals surface area contributed by atoms with Gasteiger partial charge in [0.05, 0.1) is 6.42 Å². The first-order valence-electron chi connectivity index (χ1n) is 12.2. The third kappa shape index (κ3) is 6.03. The summed E-state index contributed by atoms with van der Waals surface area (Å²) in [5, 5.41) is 8.33. The summed E-state index contributed by atoms with van der Waals surface area (Å²) in [4.78, 5) is 69.0. The van der Waals surface area contributed by atoms with Crippen molar-refractivity contribution in [2.75, 3.05) is 31.6 Å². The van der Waals surface area contributed by atoms with Gasteiger partial charge in [-0.1, -0.05) is 13.8 Å². The van der Waals surface area contributed by atoms with Crippen LogP contribution in [0.4, 0.5) is 0 Å². The average Bonchev–Trinajstić information content (AvgIpc) is 3.48. The van der Waals surface area contributed by atoms with E-state index < -0.39 is 36.0 Å². The molecule has 0 aromatic heterocycles. The van der Waals surface area contributed by atoms with Crippen LogP contribution in [0.2, 0.25) is 0 Å². The van der Waals surface area contributed by atoms with Crippen molar-refractivity contribution in [2.24, 2.45) is 5.92 Å². The Hall–Kier alpha value is -2.30. The van der Waals surface area contributed by atoms with Crippen LogP contribution in [0, 0.1) is 5.92 Å². The van der Waals surface area contributed by atoms with Gasteiger partial charge < -0.3 is 25.8 Å². The Kier molecular flexibility index (Phi) is 9.21. The summed E-state index contributed by atoms with van der Waals surface area (Å²) in [6.45, 7) is 4.92. The monoisotopic (exact) mass is 495 g/mol. The van der Waals surface area contributed by atoms with E-state index in [9.17, 15) is 24.0 Å². The highest BCUT2D eigenvalue weighted by Crippen LogP contribution is 2.26. The smallest absolute Gasteiger partial charge is 0.246 e. The van der Waals surface area contributed by atoms with Gasteiger partial charge >= 0.3 is 0 Å². The fourth-order valence-electron chi connectivity index (χ4n) is 4.91. The summed E-state index contributed by atoms with van der Waals surface area (Å²) in [6, 6.07) is -3.25. The van der Waals surface area contributed by atoms with Gasteiger partial charge in [0, 0.05) is 19.6 Å². The van der Waals surface area contributed by atoms with E-state index in [4.69, 9.17) is 0 Å². The third-order valence-electron chi connectivity index (χ3n) is 6.78. The first kappa shape index (κ1) is 26.3. The van der Waals surface area contributed by atoms with E-state index in [0.717, 1.165) is 12.2 Å². The van der Waals surface area contributed by atoms with Crippen molar-refractivity contribution in [3.63, 3.8) is 0 Å². The molecule has 0 radical (unpaired) electrons. The summed E-state index contributed by atoms with van der Waals surface area (Å²) < 4.78 is 0. The lowest BCUT2D eigenvalue weighted by Gasteiger charge is -2.31. The van der Waals surface area contributed by atoms with Gasteiger partial charge in [-0.3, -0.25) is 24.0 Å². The molecule has 0 saturated carbocycles. The number of carbonyl (C=O) groups excluding carboxylic acids is 5. The van der Waals surface area contributed by atoms with Crippen LogP contribution in [0.15, 0.2) is 0 Å². The van der Waals surface area contributed by atoms with Crippen LogP contribution >= 0.6 is 11.8 Å². The molecule has 190 valence electrons. The summed E-state index contributed by atoms with van der Waals surface area (Å²) in [5.74, 6) is -1.23. The molecule has 10 nitrogen and oxygen atoms in total. The average molecular weight is 496 g/mol. The van der Waals surface area contributed by atoms with Crippen LogP contribution in [-0.4, -0.2) is 95.1 Å². The second kappa shape index (κ2) is 11.9. The third-order valence-corrected chi connectivity index (χ3v) is 7.48. The SMILES string of the molecule is CSCCCNC(=O)[C@H]1CC(=O)N2CCC[C@H]2C(=O)N2CCC[C@@H]2C(=O)N[C@@H](C(C)C)C(=O)N1. The molecule has 0 aromatic carbocycles. The zero-order valence-electron chi connectivity index (χ0n) is 20.3. The van der Waals surface area contributed by atoms with Crippen molar-refractivity contribution in [3.05, 3.63) is 0 Å². The van der Waals surface area contributed by atoms with E-state index in [1.54, 1.807) is 30.5 Å². The molecular formula is C23H37N5O5S. The lowest BCUT2D eigenvalue weighted by Crippen LogP contribution is -2.58. The van der Waals surface area contributed by atoms with Gasteiger partial charge in [0.1, 0.15) is 24.2 Å². The zero-order valence-corrected chi connectivity index (χ0v) is 21.1. The predicted octanol–water partition coefficient (Wildman–Crippen LogP) is -0.133. The van der Waals surface area contributed by atoms with E-state index >= 15 is 0 Å². The molecular weight excluding hydrogens is 458 g/mol. The number of fused-ring (bicyclic) bond motifs is 2. The molecule has 0 bridgehead atoms. The molecule has 0 unspecified atom stereocenters. The molecule has 3 aliphatic heterocycles. The molecule has 3 fully saturated rings. The second-order valence-corrected chi connectivity index (χ2v) is 10.6. The molecule has 0 aromatic rings. The highest BCUT2D eigenvalue weighted by molar-refractivity contribution is 7.98. The van der Waals surface area contributed by atoms with Crippen LogP contribution in [0.3, 0.4) is 0 Å². The maximum absolute atomic E-state index is 13.4. The van der Waals surface area contributed by atoms with Crippen LogP contribution < -0.4 is 16.0 Å². The molecule has 3 N–H and O–H groups in total. The molecule has 34 heavy (non-hydrogen) atoms. The molecule has 4 atom stereocenters. The van der Waals surface area contributed by atoms with Gasteiger partial charge in [-0.15, -0.1) is 0 Å². The molecule has 5 amide bonds. The van der Waals surface area contributed by atoms with Gasteiger partial charge in [0.2, 0.25) is 29.5 Å². The van der Waals surface area contributed by atoms with E-state index in [1.807, 2.05) is 6.26 Å². The van der Waals surface area contributed by atoms with E-state index in [-0.39, 0.29) is 30.1 Å². The maximum atomic E-state index is 13.4. The Morgan fingerprint density at radius 3 is 2.38 bits per heavy atom. The quantitative estimate of drug-likeness (QED) is 0.441. The second-order valence-electron chi connectivity index (χ2n) is 9.57. The van der Waals surface area contributed by atoms with E-state index in [2.05, 4.69) is 16.0 Å². The number of nitrogens with one attached hydrogen (secondary N) is 3. The Balaban J connectivity index is 1.88. The Labute approximate surface area is 205 Å². The van der Waals surface area contributed by atoms with Crippen molar-refractivity contribution in [1.82, 2.24) is 25.8 Å². The first-order chi connectivity index (χ1) is 16.2. The highest BCUT2D eigenvalue weighted by atomic mass is 32.2. The lowest BCUT2D eigenvalue weighted by molar-refractivity contribution is -0.147. The van der Waals surface area contributed by atoms with E-state index in [0.29, 0.717) is 45.3 Å². The van der Waals surface area contributed by atoms with Crippen molar-refractivity contribution in [2.45, 2.75) is 76.5 Å². The predicted molar refractivity (Wildman–Crippen MR) is 129 cm³/mol. The minimum Gasteiger partial charge on any atom is -0.354 e. The summed E-state index contributed by atoms with van der Waals surface area (Å²) in [5.41, 5.74) is 0. The van der Waals surface area contributed by atoms with Crippen molar-refractivity contribution >= 4 is 41.3 Å². The summed E-state index contributed by atoms with van der Waals surface area (Å²) in [7, 11) is 0. The standard InChI is InChI=1S/C23H37N5O5S/c1-14(2)19-22(32)25-15(20(30)24-9-6-12-34-3)13-18(29)27-10-5-8-17(27)23(33)28-11-4-7-16(28)21(31)26-19/h14-17,19H,4-13H2,1-3H3,(H,24,30)(H,25,32)(H,26,31)/t15-,16-,17+,19+/m1/s1. The highest BCUT2D eigenvalue weighted by Gasteiger charge is 2.44. The zero-order chi connectivity index (χ0) is 24.8. The number of amides is 5. The molecule has 11 heteroatoms. The first-order valence-corrected chi connectivity index (χ1v) is 13.6. The lowest BCUT2D eigenvalue weighted by atomic mass is 10.0. The number of carbonyl (C=O) groups is 5. The minimum absolute atomic E-state index is 0.221. The normalized spacial score (nSPS) is 28.5. The molecule has 0 spiro atoms. The van der Waals surface area contributed by atoms with Crippen LogP contribution in [0.1, 0.15) is 52.4 Å². The van der Waals surface area contributed by atoms with Gasteiger partial charge in [-0.05, 0) is 50.0 Å². The number of hydrogen-bond acceptors (Lipinski definition) is 6. The fraction of sp³-hybridized carbons (Fsp3) is 0.783. The molecule has 3 saturated heterocycles. The summed E-state index contributed by atoms with van der Waals surface area (Å²) >= 11 is 1.67. The van der Waals surface area contributed by atoms with Gasteiger partial charge in [0.25, 0.3) is 0 Å². The van der Waals surface area contributed by atoms with Gasteiger partial charge in [0.15, 0.2) is 0 Å². The van der Waals surface area contributed by atoms with Gasteiger partial charge in [-0.25, -0.2) is 0 Å². The summed E-state index contributed by atoms with van der Waals surface area (Å²) in [6.07, 6.45) is 4.95. The van der Waals surface area contributed by atoms with E-state index in [1.165, 1.54) is 4.90 Å². The van der Waals surface area contributed by atoms with Gasteiger partial charge in [-0.2, -0.15) is 11.8 Å². The fourth-order valence-corrected chi connectivity index (χ4v) is 5.35. The van der Waals surface area contributed by atoms with Crippen molar-refractivity contribution < 1.29 is 24.0 Å². The van der Waals surface area contributed by atoms with Crippen LogP contribution in [0.5, 0.6) is 0 Å². The number of thioether (sulfide) groups is 1. The molecule has 3 heterocycles. The largest absolute Gasteiger partial charge is 0.354 e. The van der Waals surface area contributed by atoms with Crippen LogP contribution in [0.25, 0.3) is 0 Å². The maximum Gasteiger partial charge on any atom is 0.246 e. The molecule has 3 rings (SSSR count).